The summed E-state index contributed by atoms with van der Waals surface area (Å²) in [6.07, 6.45) is 6.71. The maximum Gasteiger partial charge on any atom is 0.242 e. The Hall–Kier alpha value is -1.10. The van der Waals surface area contributed by atoms with Gasteiger partial charge in [0.1, 0.15) is 6.04 Å². The van der Waals surface area contributed by atoms with E-state index in [1.807, 2.05) is 0 Å². The normalized spacial score (nSPS) is 31.6. The van der Waals surface area contributed by atoms with Crippen molar-refractivity contribution in [2.24, 2.45) is 17.6 Å². The number of hydrogen-bond donors (Lipinski definition) is 3. The second kappa shape index (κ2) is 6.89. The molecule has 108 valence electrons. The third kappa shape index (κ3) is 4.20. The van der Waals surface area contributed by atoms with Gasteiger partial charge in [0.15, 0.2) is 0 Å². The number of nitrogens with one attached hydrogen (secondary N) is 2. The van der Waals surface area contributed by atoms with Crippen molar-refractivity contribution in [2.75, 3.05) is 13.1 Å². The van der Waals surface area contributed by atoms with Gasteiger partial charge >= 0.3 is 0 Å². The lowest BCUT2D eigenvalue weighted by molar-refractivity contribution is -0.130. The standard InChI is InChI=1S/C14H25N3O2/c15-9-11-5-3-10(4-6-11)8-13(18)17-12-2-1-7-16-14(12)19/h10-12H,1-9,15H2,(H,16,19)(H,17,18). The molecule has 2 rings (SSSR count). The molecule has 0 aromatic rings. The first-order valence-corrected chi connectivity index (χ1v) is 7.46. The molecule has 19 heavy (non-hydrogen) atoms. The Morgan fingerprint density at radius 3 is 2.53 bits per heavy atom. The van der Waals surface area contributed by atoms with Crippen LogP contribution in [0.25, 0.3) is 0 Å². The minimum Gasteiger partial charge on any atom is -0.354 e. The zero-order chi connectivity index (χ0) is 13.7. The first-order valence-electron chi connectivity index (χ1n) is 7.46. The molecule has 2 aliphatic rings. The molecule has 1 atom stereocenters. The number of amides is 2. The van der Waals surface area contributed by atoms with Crippen LogP contribution in [0.3, 0.4) is 0 Å². The highest BCUT2D eigenvalue weighted by Crippen LogP contribution is 2.30. The van der Waals surface area contributed by atoms with Gasteiger partial charge in [0.05, 0.1) is 0 Å². The Bertz CT molecular complexity index is 325. The molecule has 2 amide bonds. The molecule has 5 heteroatoms. The van der Waals surface area contributed by atoms with E-state index in [9.17, 15) is 9.59 Å². The number of carbonyl (C=O) groups is 2. The molecule has 4 N–H and O–H groups in total. The summed E-state index contributed by atoms with van der Waals surface area (Å²) in [6, 6.07) is -0.318. The Kier molecular flexibility index (Phi) is 5.19. The summed E-state index contributed by atoms with van der Waals surface area (Å²) in [7, 11) is 0. The fourth-order valence-corrected chi connectivity index (χ4v) is 3.10. The second-order valence-electron chi connectivity index (χ2n) is 5.88. The van der Waals surface area contributed by atoms with E-state index in [0.29, 0.717) is 18.3 Å². The number of nitrogens with two attached hydrogens (primary N) is 1. The van der Waals surface area contributed by atoms with E-state index >= 15 is 0 Å². The van der Waals surface area contributed by atoms with Crippen molar-refractivity contribution in [3.05, 3.63) is 0 Å². The van der Waals surface area contributed by atoms with Gasteiger partial charge in [-0.1, -0.05) is 0 Å². The van der Waals surface area contributed by atoms with Gasteiger partial charge in [-0.05, 0) is 56.9 Å². The van der Waals surface area contributed by atoms with Crippen LogP contribution < -0.4 is 16.4 Å². The van der Waals surface area contributed by atoms with Crippen molar-refractivity contribution in [1.82, 2.24) is 10.6 Å². The zero-order valence-electron chi connectivity index (χ0n) is 11.5. The van der Waals surface area contributed by atoms with Gasteiger partial charge < -0.3 is 16.4 Å². The Labute approximate surface area is 114 Å². The summed E-state index contributed by atoms with van der Waals surface area (Å²) in [5.41, 5.74) is 5.67. The molecule has 1 unspecified atom stereocenters. The van der Waals surface area contributed by atoms with Gasteiger partial charge in [-0.2, -0.15) is 0 Å². The molecular formula is C14H25N3O2. The highest BCUT2D eigenvalue weighted by atomic mass is 16.2. The van der Waals surface area contributed by atoms with Gasteiger partial charge in [-0.3, -0.25) is 9.59 Å². The average molecular weight is 267 g/mol. The highest BCUT2D eigenvalue weighted by Gasteiger charge is 2.26. The molecule has 0 aromatic carbocycles. The van der Waals surface area contributed by atoms with Crippen molar-refractivity contribution >= 4 is 11.8 Å². The molecule has 1 aliphatic heterocycles. The predicted octanol–water partition coefficient (Wildman–Crippen LogP) is 0.536. The number of rotatable bonds is 4. The lowest BCUT2D eigenvalue weighted by Crippen LogP contribution is -2.50. The van der Waals surface area contributed by atoms with E-state index < -0.39 is 0 Å². The molecule has 2 fully saturated rings. The van der Waals surface area contributed by atoms with Crippen LogP contribution >= 0.6 is 0 Å². The summed E-state index contributed by atoms with van der Waals surface area (Å²) < 4.78 is 0. The SMILES string of the molecule is NCC1CCC(CC(=O)NC2CCCNC2=O)CC1. The Morgan fingerprint density at radius 1 is 1.21 bits per heavy atom. The highest BCUT2D eigenvalue weighted by molar-refractivity contribution is 5.88. The molecule has 1 saturated carbocycles. The lowest BCUT2D eigenvalue weighted by atomic mass is 9.80. The van der Waals surface area contributed by atoms with Crippen molar-refractivity contribution in [3.63, 3.8) is 0 Å². The number of piperidine rings is 1. The summed E-state index contributed by atoms with van der Waals surface area (Å²) >= 11 is 0. The predicted molar refractivity (Wildman–Crippen MR) is 73.3 cm³/mol. The van der Waals surface area contributed by atoms with Gasteiger partial charge in [-0.25, -0.2) is 0 Å². The van der Waals surface area contributed by atoms with E-state index in [0.717, 1.165) is 51.6 Å². The third-order valence-electron chi connectivity index (χ3n) is 4.39. The van der Waals surface area contributed by atoms with E-state index in [4.69, 9.17) is 5.73 Å². The number of hydrogen-bond acceptors (Lipinski definition) is 3. The van der Waals surface area contributed by atoms with Crippen LogP contribution in [0.2, 0.25) is 0 Å². The Balaban J connectivity index is 1.71. The summed E-state index contributed by atoms with van der Waals surface area (Å²) in [5, 5.41) is 5.65. The van der Waals surface area contributed by atoms with E-state index in [1.54, 1.807) is 0 Å². The van der Waals surface area contributed by atoms with Crippen molar-refractivity contribution in [2.45, 2.75) is 51.0 Å². The topological polar surface area (TPSA) is 84.2 Å². The molecule has 0 aromatic heterocycles. The fraction of sp³-hybridized carbons (Fsp3) is 0.857. The summed E-state index contributed by atoms with van der Waals surface area (Å²) in [6.45, 7) is 1.50. The molecular weight excluding hydrogens is 242 g/mol. The van der Waals surface area contributed by atoms with Crippen LogP contribution in [-0.4, -0.2) is 30.9 Å². The number of carbonyl (C=O) groups excluding carboxylic acids is 2. The van der Waals surface area contributed by atoms with Gasteiger partial charge in [0.25, 0.3) is 0 Å². The molecule has 5 nitrogen and oxygen atoms in total. The van der Waals surface area contributed by atoms with E-state index in [1.165, 1.54) is 0 Å². The van der Waals surface area contributed by atoms with E-state index in [-0.39, 0.29) is 17.9 Å². The Morgan fingerprint density at radius 2 is 1.89 bits per heavy atom. The quantitative estimate of drug-likeness (QED) is 0.695. The van der Waals surface area contributed by atoms with Gasteiger partial charge in [-0.15, -0.1) is 0 Å². The molecule has 1 heterocycles. The first kappa shape index (κ1) is 14.3. The minimum atomic E-state index is -0.318. The average Bonchev–Trinajstić information content (AvgIpc) is 2.42. The van der Waals surface area contributed by atoms with E-state index in [2.05, 4.69) is 10.6 Å². The molecule has 0 radical (unpaired) electrons. The van der Waals surface area contributed by atoms with Crippen LogP contribution in [0.15, 0.2) is 0 Å². The minimum absolute atomic E-state index is 0.0262. The smallest absolute Gasteiger partial charge is 0.242 e. The first-order chi connectivity index (χ1) is 9.19. The third-order valence-corrected chi connectivity index (χ3v) is 4.39. The lowest BCUT2D eigenvalue weighted by Gasteiger charge is -2.28. The van der Waals surface area contributed by atoms with Crippen LogP contribution in [0.5, 0.6) is 0 Å². The molecule has 1 aliphatic carbocycles. The van der Waals surface area contributed by atoms with Crippen LogP contribution in [-0.2, 0) is 9.59 Å². The van der Waals surface area contributed by atoms with Crippen molar-refractivity contribution < 1.29 is 9.59 Å². The molecule has 1 saturated heterocycles. The monoisotopic (exact) mass is 267 g/mol. The van der Waals surface area contributed by atoms with Crippen molar-refractivity contribution in [1.29, 1.82) is 0 Å². The van der Waals surface area contributed by atoms with Gasteiger partial charge in [0.2, 0.25) is 11.8 Å². The van der Waals surface area contributed by atoms with Crippen LogP contribution in [0.1, 0.15) is 44.9 Å². The van der Waals surface area contributed by atoms with Crippen LogP contribution in [0.4, 0.5) is 0 Å². The summed E-state index contributed by atoms with van der Waals surface area (Å²) in [5.74, 6) is 1.10. The second-order valence-corrected chi connectivity index (χ2v) is 5.88. The largest absolute Gasteiger partial charge is 0.354 e. The van der Waals surface area contributed by atoms with Crippen molar-refractivity contribution in [3.8, 4) is 0 Å². The van der Waals surface area contributed by atoms with Crippen LogP contribution in [0, 0.1) is 11.8 Å². The fourth-order valence-electron chi connectivity index (χ4n) is 3.10. The maximum atomic E-state index is 12.0. The maximum absolute atomic E-state index is 12.0. The summed E-state index contributed by atoms with van der Waals surface area (Å²) in [4.78, 5) is 23.5. The zero-order valence-corrected chi connectivity index (χ0v) is 11.5. The molecule has 0 bridgehead atoms. The van der Waals surface area contributed by atoms with Gasteiger partial charge in [0, 0.05) is 13.0 Å². The molecule has 0 spiro atoms.